The van der Waals surface area contributed by atoms with Gasteiger partial charge in [-0.2, -0.15) is 13.2 Å². The van der Waals surface area contributed by atoms with E-state index in [2.05, 4.69) is 13.8 Å². The molecule has 1 aromatic heterocycles. The summed E-state index contributed by atoms with van der Waals surface area (Å²) in [6.45, 7) is 12.1. The van der Waals surface area contributed by atoms with Crippen LogP contribution in [0.1, 0.15) is 78.9 Å². The Bertz CT molecular complexity index is 1150. The van der Waals surface area contributed by atoms with Gasteiger partial charge in [0.25, 0.3) is 0 Å². The molecule has 0 atom stereocenters. The Morgan fingerprint density at radius 1 is 1.00 bits per heavy atom. The van der Waals surface area contributed by atoms with Gasteiger partial charge in [-0.15, -0.1) is 11.3 Å². The first-order chi connectivity index (χ1) is 15.7. The molecule has 0 unspecified atom stereocenters. The largest absolute Gasteiger partial charge is 0.488 e. The zero-order chi connectivity index (χ0) is 25.3. The fourth-order valence-corrected chi connectivity index (χ4v) is 5.05. The number of thiophene rings is 1. The monoisotopic (exact) mass is 488 g/mol. The van der Waals surface area contributed by atoms with E-state index < -0.39 is 11.7 Å². The lowest BCUT2D eigenvalue weighted by Crippen LogP contribution is -2.23. The number of hydrogen-bond acceptors (Lipinski definition) is 3. The topological polar surface area (TPSA) is 26.3 Å². The molecule has 2 aromatic carbocycles. The molecular formula is C28H31F3O2S. The van der Waals surface area contributed by atoms with Crippen molar-refractivity contribution in [3.63, 3.8) is 0 Å². The average molecular weight is 489 g/mol. The summed E-state index contributed by atoms with van der Waals surface area (Å²) in [6, 6.07) is 12.8. The van der Waals surface area contributed by atoms with E-state index in [-0.39, 0.29) is 17.3 Å². The van der Waals surface area contributed by atoms with Crippen molar-refractivity contribution < 1.29 is 22.7 Å². The first kappa shape index (κ1) is 26.0. The second kappa shape index (κ2) is 9.95. The number of Topliss-reactive ketones (excluding diaryl/α,β-unsaturated/α-hetero) is 1. The molecule has 0 fully saturated rings. The predicted octanol–water partition coefficient (Wildman–Crippen LogP) is 8.86. The summed E-state index contributed by atoms with van der Waals surface area (Å²) in [7, 11) is 0. The summed E-state index contributed by atoms with van der Waals surface area (Å²) in [5.74, 6) is 1.08. The van der Waals surface area contributed by atoms with Gasteiger partial charge in [-0.1, -0.05) is 26.0 Å². The lowest BCUT2D eigenvalue weighted by Gasteiger charge is -2.22. The van der Waals surface area contributed by atoms with Gasteiger partial charge in [0.05, 0.1) is 5.56 Å². The Labute approximate surface area is 203 Å². The van der Waals surface area contributed by atoms with Crippen LogP contribution in [0.3, 0.4) is 0 Å². The van der Waals surface area contributed by atoms with Crippen LogP contribution in [-0.4, -0.2) is 11.4 Å². The Morgan fingerprint density at radius 2 is 1.65 bits per heavy atom. The zero-order valence-corrected chi connectivity index (χ0v) is 21.3. The maximum Gasteiger partial charge on any atom is 0.416 e. The fraction of sp³-hybridized carbons (Fsp3) is 0.393. The molecular weight excluding hydrogens is 457 g/mol. The van der Waals surface area contributed by atoms with Gasteiger partial charge in [0, 0.05) is 21.7 Å². The summed E-state index contributed by atoms with van der Waals surface area (Å²) < 4.78 is 44.6. The van der Waals surface area contributed by atoms with Gasteiger partial charge < -0.3 is 4.74 Å². The molecule has 3 aromatic rings. The Kier molecular flexibility index (Phi) is 7.61. The SMILES string of the molecule is Cc1cc(C(=O)CCc2sc(-c3ccc(C(F)(F)F)cc3)cc2C(C)C)ccc1OC(C)(C)C. The molecule has 0 spiro atoms. The van der Waals surface area contributed by atoms with E-state index in [0.29, 0.717) is 18.4 Å². The molecule has 6 heteroatoms. The summed E-state index contributed by atoms with van der Waals surface area (Å²) >= 11 is 1.55. The number of benzene rings is 2. The molecule has 0 radical (unpaired) electrons. The minimum absolute atomic E-state index is 0.0598. The predicted molar refractivity (Wildman–Crippen MR) is 133 cm³/mol. The normalized spacial score (nSPS) is 12.3. The van der Waals surface area contributed by atoms with E-state index in [1.165, 1.54) is 12.1 Å². The Balaban J connectivity index is 1.76. The maximum atomic E-state index is 12.9. The third kappa shape index (κ3) is 6.50. The van der Waals surface area contributed by atoms with Crippen LogP contribution in [0.2, 0.25) is 0 Å². The third-order valence-electron chi connectivity index (χ3n) is 5.45. The van der Waals surface area contributed by atoms with Crippen molar-refractivity contribution in [2.75, 3.05) is 0 Å². The molecule has 3 rings (SSSR count). The highest BCUT2D eigenvalue weighted by atomic mass is 32.1. The highest BCUT2D eigenvalue weighted by molar-refractivity contribution is 7.15. The van der Waals surface area contributed by atoms with Crippen molar-refractivity contribution in [1.82, 2.24) is 0 Å². The number of ketones is 1. The Hall–Kier alpha value is -2.60. The molecule has 1 heterocycles. The van der Waals surface area contributed by atoms with Crippen LogP contribution in [-0.2, 0) is 12.6 Å². The standard InChI is InChI=1S/C28H31F3O2S/c1-17(2)22-16-26(19-7-10-21(11-8-19)28(29,30)31)34-25(22)14-12-23(32)20-9-13-24(18(3)15-20)33-27(4,5)6/h7-11,13,15-17H,12,14H2,1-6H3. The highest BCUT2D eigenvalue weighted by Gasteiger charge is 2.30. The minimum Gasteiger partial charge on any atom is -0.488 e. The maximum absolute atomic E-state index is 12.9. The quantitative estimate of drug-likeness (QED) is 0.311. The van der Waals surface area contributed by atoms with Crippen molar-refractivity contribution in [2.45, 2.75) is 72.1 Å². The van der Waals surface area contributed by atoms with Gasteiger partial charge in [-0.05, 0) is 93.1 Å². The van der Waals surface area contributed by atoms with E-state index in [1.807, 2.05) is 52.0 Å². The van der Waals surface area contributed by atoms with Crippen molar-refractivity contribution in [2.24, 2.45) is 0 Å². The van der Waals surface area contributed by atoms with Crippen molar-refractivity contribution >= 4 is 17.1 Å². The van der Waals surface area contributed by atoms with Gasteiger partial charge in [-0.3, -0.25) is 4.79 Å². The van der Waals surface area contributed by atoms with Gasteiger partial charge in [-0.25, -0.2) is 0 Å². The minimum atomic E-state index is -4.35. The molecule has 0 amide bonds. The number of alkyl halides is 3. The smallest absolute Gasteiger partial charge is 0.416 e. The molecule has 0 aliphatic carbocycles. The lowest BCUT2D eigenvalue weighted by molar-refractivity contribution is -0.137. The second-order valence-corrected chi connectivity index (χ2v) is 11.0. The van der Waals surface area contributed by atoms with Gasteiger partial charge in [0.2, 0.25) is 0 Å². The molecule has 0 N–H and O–H groups in total. The van der Waals surface area contributed by atoms with Crippen LogP contribution < -0.4 is 4.74 Å². The van der Waals surface area contributed by atoms with Crippen LogP contribution in [0, 0.1) is 6.92 Å². The molecule has 34 heavy (non-hydrogen) atoms. The van der Waals surface area contributed by atoms with Gasteiger partial charge in [0.15, 0.2) is 5.78 Å². The van der Waals surface area contributed by atoms with E-state index in [9.17, 15) is 18.0 Å². The van der Waals surface area contributed by atoms with Crippen LogP contribution >= 0.6 is 11.3 Å². The van der Waals surface area contributed by atoms with Gasteiger partial charge >= 0.3 is 6.18 Å². The fourth-order valence-electron chi connectivity index (χ4n) is 3.73. The molecule has 0 saturated carbocycles. The van der Waals surface area contributed by atoms with Crippen LogP contribution in [0.5, 0.6) is 5.75 Å². The van der Waals surface area contributed by atoms with Crippen molar-refractivity contribution in [1.29, 1.82) is 0 Å². The number of rotatable bonds is 7. The summed E-state index contributed by atoms with van der Waals surface area (Å²) in [6.07, 6.45) is -3.39. The number of carbonyl (C=O) groups is 1. The molecule has 0 aliphatic rings. The number of carbonyl (C=O) groups excluding carboxylic acids is 1. The Morgan fingerprint density at radius 3 is 2.18 bits per heavy atom. The molecule has 0 aliphatic heterocycles. The molecule has 182 valence electrons. The molecule has 0 saturated heterocycles. The summed E-state index contributed by atoms with van der Waals surface area (Å²) in [5.41, 5.74) is 2.50. The van der Waals surface area contributed by atoms with Crippen LogP contribution in [0.15, 0.2) is 48.5 Å². The first-order valence-corrected chi connectivity index (χ1v) is 12.2. The van der Waals surface area contributed by atoms with E-state index in [0.717, 1.165) is 44.3 Å². The highest BCUT2D eigenvalue weighted by Crippen LogP contribution is 2.38. The van der Waals surface area contributed by atoms with Crippen molar-refractivity contribution in [3.05, 3.63) is 75.7 Å². The van der Waals surface area contributed by atoms with Crippen LogP contribution in [0.4, 0.5) is 13.2 Å². The number of ether oxygens (including phenoxy) is 1. The number of halogens is 3. The van der Waals surface area contributed by atoms with Crippen LogP contribution in [0.25, 0.3) is 10.4 Å². The van der Waals surface area contributed by atoms with Crippen molar-refractivity contribution in [3.8, 4) is 16.2 Å². The molecule has 0 bridgehead atoms. The number of hydrogen-bond donors (Lipinski definition) is 0. The summed E-state index contributed by atoms with van der Waals surface area (Å²) in [5, 5.41) is 0. The average Bonchev–Trinajstić information content (AvgIpc) is 3.16. The van der Waals surface area contributed by atoms with Gasteiger partial charge in [0.1, 0.15) is 11.4 Å². The van der Waals surface area contributed by atoms with E-state index in [1.54, 1.807) is 11.3 Å². The zero-order valence-electron chi connectivity index (χ0n) is 20.5. The molecule has 2 nitrogen and oxygen atoms in total. The first-order valence-electron chi connectivity index (χ1n) is 11.4. The van der Waals surface area contributed by atoms with E-state index >= 15 is 0 Å². The summed E-state index contributed by atoms with van der Waals surface area (Å²) in [4.78, 5) is 14.9. The third-order valence-corrected chi connectivity index (χ3v) is 6.71. The number of aryl methyl sites for hydroxylation is 2. The second-order valence-electron chi connectivity index (χ2n) is 9.84. The lowest BCUT2D eigenvalue weighted by atomic mass is 9.98. The van der Waals surface area contributed by atoms with E-state index in [4.69, 9.17) is 4.74 Å².